The van der Waals surface area contributed by atoms with Crippen molar-refractivity contribution < 1.29 is 5.11 Å². The fraction of sp³-hybridized carbons (Fsp3) is 0.667. The van der Waals surface area contributed by atoms with Gasteiger partial charge in [0.25, 0.3) is 0 Å². The van der Waals surface area contributed by atoms with E-state index < -0.39 is 5.41 Å². The number of aliphatic hydroxyl groups is 1. The van der Waals surface area contributed by atoms with Crippen molar-refractivity contribution in [3.63, 3.8) is 0 Å². The average molecular weight is 268 g/mol. The zero-order chi connectivity index (χ0) is 13.6. The molecule has 0 fully saturated rings. The lowest BCUT2D eigenvalue weighted by Crippen LogP contribution is -2.33. The van der Waals surface area contributed by atoms with Crippen LogP contribution < -0.4 is 5.43 Å². The normalized spacial score (nSPS) is 16.0. The highest BCUT2D eigenvalue weighted by molar-refractivity contribution is 8.02. The molecule has 0 unspecified atom stereocenters. The van der Waals surface area contributed by atoms with Gasteiger partial charge >= 0.3 is 0 Å². The van der Waals surface area contributed by atoms with Gasteiger partial charge in [-0.05, 0) is 0 Å². The predicted molar refractivity (Wildman–Crippen MR) is 72.9 cm³/mol. The van der Waals surface area contributed by atoms with Gasteiger partial charge in [0.1, 0.15) is 0 Å². The first kappa shape index (κ1) is 13.4. The van der Waals surface area contributed by atoms with Gasteiger partial charge in [0.2, 0.25) is 5.16 Å². The summed E-state index contributed by atoms with van der Waals surface area (Å²) < 4.78 is 1.88. The third-order valence-electron chi connectivity index (χ3n) is 2.96. The summed E-state index contributed by atoms with van der Waals surface area (Å²) in [6.07, 6.45) is 0. The number of thioether (sulfide) groups is 1. The number of nitrogens with one attached hydrogen (secondary N) is 1. The van der Waals surface area contributed by atoms with Crippen LogP contribution >= 0.6 is 11.8 Å². The first-order valence-electron chi connectivity index (χ1n) is 5.97. The highest BCUT2D eigenvalue weighted by Gasteiger charge is 2.31. The zero-order valence-electron chi connectivity index (χ0n) is 11.5. The molecule has 2 N–H and O–H groups in total. The molecule has 100 valence electrons. The molecule has 0 amide bonds. The third-order valence-corrected chi connectivity index (χ3v) is 3.79. The number of hydrogen-bond donors (Lipinski definition) is 2. The van der Waals surface area contributed by atoms with E-state index in [1.54, 1.807) is 11.8 Å². The molecule has 1 aliphatic heterocycles. The molecule has 0 radical (unpaired) electrons. The van der Waals surface area contributed by atoms with Crippen molar-refractivity contribution in [3.05, 3.63) is 16.9 Å². The van der Waals surface area contributed by atoms with Crippen LogP contribution in [0.1, 0.15) is 40.4 Å². The van der Waals surface area contributed by atoms with E-state index in [2.05, 4.69) is 41.8 Å². The molecule has 0 spiro atoms. The number of nitrogens with zero attached hydrogens (tertiary/aromatic N) is 3. The van der Waals surface area contributed by atoms with Crippen LogP contribution in [0, 0.1) is 5.41 Å². The van der Waals surface area contributed by atoms with E-state index >= 15 is 0 Å². The zero-order valence-corrected chi connectivity index (χ0v) is 12.3. The molecule has 2 heterocycles. The van der Waals surface area contributed by atoms with Gasteiger partial charge in [-0.2, -0.15) is 0 Å². The minimum atomic E-state index is -0.418. The summed E-state index contributed by atoms with van der Waals surface area (Å²) >= 11 is 1.55. The van der Waals surface area contributed by atoms with Crippen LogP contribution in [-0.4, -0.2) is 26.6 Å². The van der Waals surface area contributed by atoms with Crippen LogP contribution in [0.15, 0.2) is 16.3 Å². The molecule has 0 aliphatic carbocycles. The minimum absolute atomic E-state index is 0.0338. The number of aliphatic hydroxyl groups excluding tert-OH is 1. The van der Waals surface area contributed by atoms with E-state index in [4.69, 9.17) is 0 Å². The van der Waals surface area contributed by atoms with Gasteiger partial charge in [-0.1, -0.05) is 46.4 Å². The van der Waals surface area contributed by atoms with Gasteiger partial charge in [-0.25, -0.2) is 4.68 Å². The highest BCUT2D eigenvalue weighted by Crippen LogP contribution is 2.34. The Labute approximate surface area is 112 Å². The predicted octanol–water partition coefficient (Wildman–Crippen LogP) is 2.08. The number of aromatic nitrogens is 3. The van der Waals surface area contributed by atoms with Gasteiger partial charge in [0.05, 0.1) is 6.61 Å². The Kier molecular flexibility index (Phi) is 3.19. The van der Waals surface area contributed by atoms with Gasteiger partial charge < -0.3 is 5.11 Å². The molecule has 0 bridgehead atoms. The summed E-state index contributed by atoms with van der Waals surface area (Å²) in [4.78, 5) is 0. The monoisotopic (exact) mass is 268 g/mol. The number of hydrogen-bond acceptors (Lipinski definition) is 5. The smallest absolute Gasteiger partial charge is 0.214 e. The van der Waals surface area contributed by atoms with Gasteiger partial charge in [0, 0.05) is 21.9 Å². The Balaban J connectivity index is 2.37. The summed E-state index contributed by atoms with van der Waals surface area (Å²) in [5.41, 5.74) is 4.09. The van der Waals surface area contributed by atoms with Crippen molar-refractivity contribution in [2.45, 2.75) is 45.2 Å². The minimum Gasteiger partial charge on any atom is -0.395 e. The molecular weight excluding hydrogens is 248 g/mol. The first-order valence-corrected chi connectivity index (χ1v) is 6.85. The van der Waals surface area contributed by atoms with E-state index in [1.165, 1.54) is 0 Å². The molecule has 0 aromatic carbocycles. The van der Waals surface area contributed by atoms with Gasteiger partial charge in [-0.15, -0.1) is 10.2 Å². The number of allylic oxidation sites excluding steroid dienone is 1. The second-order valence-electron chi connectivity index (χ2n) is 6.19. The molecule has 0 saturated carbocycles. The SMILES string of the molecule is CC(C)(C)C1=CSc2nnc(C(C)(C)CO)n2N1. The molecule has 6 heteroatoms. The van der Waals surface area contributed by atoms with E-state index in [1.807, 2.05) is 18.5 Å². The fourth-order valence-corrected chi connectivity index (χ4v) is 2.51. The molecular formula is C12H20N4OS. The summed E-state index contributed by atoms with van der Waals surface area (Å²) in [7, 11) is 0. The summed E-state index contributed by atoms with van der Waals surface area (Å²) in [5, 5.41) is 20.7. The van der Waals surface area contributed by atoms with Crippen molar-refractivity contribution in [2.24, 2.45) is 5.41 Å². The van der Waals surface area contributed by atoms with Crippen molar-refractivity contribution in [1.29, 1.82) is 0 Å². The lowest BCUT2D eigenvalue weighted by molar-refractivity contribution is 0.208. The molecule has 1 aliphatic rings. The maximum Gasteiger partial charge on any atom is 0.214 e. The van der Waals surface area contributed by atoms with Crippen molar-refractivity contribution in [2.75, 3.05) is 12.0 Å². The summed E-state index contributed by atoms with van der Waals surface area (Å²) in [6, 6.07) is 0. The van der Waals surface area contributed by atoms with Gasteiger partial charge in [0.15, 0.2) is 5.82 Å². The Bertz CT molecular complexity index is 485. The van der Waals surface area contributed by atoms with E-state index in [0.717, 1.165) is 16.7 Å². The van der Waals surface area contributed by atoms with Crippen molar-refractivity contribution in [1.82, 2.24) is 14.9 Å². The lowest BCUT2D eigenvalue weighted by atomic mass is 9.93. The molecule has 0 saturated heterocycles. The quantitative estimate of drug-likeness (QED) is 0.860. The highest BCUT2D eigenvalue weighted by atomic mass is 32.2. The number of fused-ring (bicyclic) bond motifs is 1. The maximum absolute atomic E-state index is 9.46. The van der Waals surface area contributed by atoms with E-state index in [0.29, 0.717) is 0 Å². The molecule has 18 heavy (non-hydrogen) atoms. The third kappa shape index (κ3) is 2.27. The first-order chi connectivity index (χ1) is 8.25. The summed E-state index contributed by atoms with van der Waals surface area (Å²) in [5.74, 6) is 0.752. The second-order valence-corrected chi connectivity index (χ2v) is 7.03. The second kappa shape index (κ2) is 4.28. The molecule has 1 aromatic rings. The largest absolute Gasteiger partial charge is 0.395 e. The van der Waals surface area contributed by atoms with Crippen LogP contribution in [0.25, 0.3) is 0 Å². The average Bonchev–Trinajstić information content (AvgIpc) is 2.71. The Morgan fingerprint density at radius 1 is 1.28 bits per heavy atom. The Morgan fingerprint density at radius 3 is 2.50 bits per heavy atom. The Morgan fingerprint density at radius 2 is 1.94 bits per heavy atom. The Hall–Kier alpha value is -1.01. The van der Waals surface area contributed by atoms with E-state index in [-0.39, 0.29) is 12.0 Å². The van der Waals surface area contributed by atoms with E-state index in [9.17, 15) is 5.11 Å². The topological polar surface area (TPSA) is 63.0 Å². The van der Waals surface area contributed by atoms with Crippen LogP contribution in [-0.2, 0) is 5.41 Å². The van der Waals surface area contributed by atoms with Gasteiger partial charge in [-0.3, -0.25) is 5.43 Å². The fourth-order valence-electron chi connectivity index (χ4n) is 1.56. The summed E-state index contributed by atoms with van der Waals surface area (Å²) in [6.45, 7) is 10.4. The lowest BCUT2D eigenvalue weighted by Gasteiger charge is -2.30. The number of rotatable bonds is 2. The molecule has 2 rings (SSSR count). The van der Waals surface area contributed by atoms with Crippen molar-refractivity contribution >= 4 is 11.8 Å². The maximum atomic E-state index is 9.46. The van der Waals surface area contributed by atoms with Crippen LogP contribution in [0.2, 0.25) is 0 Å². The molecule has 5 nitrogen and oxygen atoms in total. The molecule has 0 atom stereocenters. The van der Waals surface area contributed by atoms with Crippen LogP contribution in [0.3, 0.4) is 0 Å². The standard InChI is InChI=1S/C12H20N4OS/c1-11(2,3)8-6-18-10-14-13-9(16(10)15-8)12(4,5)7-17/h6,15,17H,7H2,1-5H3. The van der Waals surface area contributed by atoms with Crippen molar-refractivity contribution in [3.8, 4) is 0 Å². The van der Waals surface area contributed by atoms with Crippen LogP contribution in [0.4, 0.5) is 0 Å². The van der Waals surface area contributed by atoms with Crippen LogP contribution in [0.5, 0.6) is 0 Å². The molecule has 1 aromatic heterocycles.